The van der Waals surface area contributed by atoms with E-state index < -0.39 is 0 Å². The highest BCUT2D eigenvalue weighted by molar-refractivity contribution is 7.99. The lowest BCUT2D eigenvalue weighted by Crippen LogP contribution is -2.38. The summed E-state index contributed by atoms with van der Waals surface area (Å²) < 4.78 is 7.61. The molecule has 152 valence electrons. The number of pyridine rings is 1. The monoisotopic (exact) mass is 419 g/mol. The molecule has 0 atom stereocenters. The lowest BCUT2D eigenvalue weighted by molar-refractivity contribution is 0.121. The molecule has 8 nitrogen and oxygen atoms in total. The van der Waals surface area contributed by atoms with Gasteiger partial charge in [-0.3, -0.25) is 9.55 Å². The Hall–Kier alpha value is -3.04. The van der Waals surface area contributed by atoms with Crippen molar-refractivity contribution in [2.45, 2.75) is 23.7 Å². The fourth-order valence-corrected chi connectivity index (χ4v) is 4.46. The fourth-order valence-electron chi connectivity index (χ4n) is 3.47. The minimum Gasteiger partial charge on any atom is -0.378 e. The zero-order valence-electron chi connectivity index (χ0n) is 16.6. The molecule has 5 rings (SSSR count). The van der Waals surface area contributed by atoms with Gasteiger partial charge in [-0.25, -0.2) is 9.97 Å². The van der Waals surface area contributed by atoms with Gasteiger partial charge in [-0.2, -0.15) is 0 Å². The number of morpholine rings is 1. The molecule has 0 unspecified atom stereocenters. The minimum atomic E-state index is 0.653. The Balaban J connectivity index is 1.56. The summed E-state index contributed by atoms with van der Waals surface area (Å²) in [5, 5.41) is 11.6. The van der Waals surface area contributed by atoms with Crippen LogP contribution < -0.4 is 4.90 Å². The van der Waals surface area contributed by atoms with Crippen LogP contribution in [0.5, 0.6) is 0 Å². The number of rotatable bonds is 5. The van der Waals surface area contributed by atoms with E-state index in [1.165, 1.54) is 11.8 Å². The summed E-state index contributed by atoms with van der Waals surface area (Å²) in [5.41, 5.74) is 1.78. The maximum absolute atomic E-state index is 5.47. The van der Waals surface area contributed by atoms with Gasteiger partial charge in [-0.05, 0) is 36.9 Å². The van der Waals surface area contributed by atoms with Crippen LogP contribution >= 0.6 is 11.8 Å². The van der Waals surface area contributed by atoms with Crippen molar-refractivity contribution in [3.05, 3.63) is 48.8 Å². The van der Waals surface area contributed by atoms with Gasteiger partial charge in [0, 0.05) is 43.0 Å². The first kappa shape index (κ1) is 19.0. The molecule has 0 saturated carbocycles. The van der Waals surface area contributed by atoms with Crippen molar-refractivity contribution in [2.75, 3.05) is 31.2 Å². The molecule has 1 aliphatic heterocycles. The molecule has 0 aliphatic carbocycles. The van der Waals surface area contributed by atoms with E-state index in [9.17, 15) is 0 Å². The van der Waals surface area contributed by atoms with E-state index in [0.717, 1.165) is 52.2 Å². The molecule has 0 bridgehead atoms. The zero-order valence-corrected chi connectivity index (χ0v) is 17.4. The summed E-state index contributed by atoms with van der Waals surface area (Å²) in [6.45, 7) is 5.96. The highest BCUT2D eigenvalue weighted by atomic mass is 32.2. The van der Waals surface area contributed by atoms with Crippen molar-refractivity contribution in [1.29, 1.82) is 0 Å². The van der Waals surface area contributed by atoms with Crippen LogP contribution in [-0.4, -0.2) is 56.0 Å². The second-order valence-corrected chi connectivity index (χ2v) is 7.80. The number of nitrogens with zero attached hydrogens (tertiary/aromatic N) is 7. The number of anilines is 1. The van der Waals surface area contributed by atoms with E-state index in [0.29, 0.717) is 19.0 Å². The Bertz CT molecular complexity index is 1160. The van der Waals surface area contributed by atoms with Crippen LogP contribution in [0.15, 0.2) is 59.0 Å². The minimum absolute atomic E-state index is 0.653. The average Bonchev–Trinajstić information content (AvgIpc) is 3.22. The second kappa shape index (κ2) is 8.37. The number of fused-ring (bicyclic) bond motifs is 1. The lowest BCUT2D eigenvalue weighted by atomic mass is 10.2. The van der Waals surface area contributed by atoms with E-state index in [1.54, 1.807) is 12.4 Å². The van der Waals surface area contributed by atoms with Gasteiger partial charge in [0.1, 0.15) is 5.03 Å². The number of hydrogen-bond acceptors (Lipinski definition) is 8. The van der Waals surface area contributed by atoms with Crippen molar-refractivity contribution >= 4 is 28.6 Å². The van der Waals surface area contributed by atoms with Crippen LogP contribution in [0.3, 0.4) is 0 Å². The van der Waals surface area contributed by atoms with E-state index >= 15 is 0 Å². The largest absolute Gasteiger partial charge is 0.378 e. The molecular formula is C21H21N7OS. The highest BCUT2D eigenvalue weighted by Gasteiger charge is 2.21. The molecule has 9 heteroatoms. The molecule has 4 heterocycles. The average molecular weight is 420 g/mol. The topological polar surface area (TPSA) is 81.8 Å². The Kier molecular flexibility index (Phi) is 5.29. The van der Waals surface area contributed by atoms with Gasteiger partial charge in [-0.15, -0.1) is 10.2 Å². The van der Waals surface area contributed by atoms with Crippen LogP contribution in [0.1, 0.15) is 6.92 Å². The zero-order chi connectivity index (χ0) is 20.3. The van der Waals surface area contributed by atoms with Crippen LogP contribution in [0.2, 0.25) is 0 Å². The smallest absolute Gasteiger partial charge is 0.228 e. The normalized spacial score (nSPS) is 14.4. The molecular weight excluding hydrogens is 398 g/mol. The summed E-state index contributed by atoms with van der Waals surface area (Å²) in [5.74, 6) is 1.54. The van der Waals surface area contributed by atoms with Gasteiger partial charge in [0.25, 0.3) is 0 Å². The Morgan fingerprint density at radius 1 is 1.03 bits per heavy atom. The number of ether oxygens (including phenoxy) is 1. The summed E-state index contributed by atoms with van der Waals surface area (Å²) in [7, 11) is 0. The summed E-state index contributed by atoms with van der Waals surface area (Å²) in [6.07, 6.45) is 3.53. The number of hydrogen-bond donors (Lipinski definition) is 0. The Labute approximate surface area is 178 Å². The number of para-hydroxylation sites is 1. The first-order valence-electron chi connectivity index (χ1n) is 9.94. The molecule has 4 aromatic rings. The van der Waals surface area contributed by atoms with E-state index in [4.69, 9.17) is 14.7 Å². The third-order valence-corrected chi connectivity index (χ3v) is 5.97. The predicted octanol–water partition coefficient (Wildman–Crippen LogP) is 3.29. The Morgan fingerprint density at radius 3 is 2.70 bits per heavy atom. The maximum Gasteiger partial charge on any atom is 0.228 e. The maximum atomic E-state index is 5.47. The predicted molar refractivity (Wildman–Crippen MR) is 116 cm³/mol. The summed E-state index contributed by atoms with van der Waals surface area (Å²) >= 11 is 1.52. The van der Waals surface area contributed by atoms with Gasteiger partial charge in [0.05, 0.1) is 18.7 Å². The number of aromatic nitrogens is 6. The van der Waals surface area contributed by atoms with Crippen molar-refractivity contribution in [3.8, 4) is 11.4 Å². The fraction of sp³-hybridized carbons (Fsp3) is 0.286. The van der Waals surface area contributed by atoms with Gasteiger partial charge in [0.2, 0.25) is 5.95 Å². The van der Waals surface area contributed by atoms with Gasteiger partial charge < -0.3 is 9.64 Å². The SMILES string of the molecule is CCn1c(Sc2nc(-c3cccnc3)nc3ccccc23)nnc1N1CCOCC1. The summed E-state index contributed by atoms with van der Waals surface area (Å²) in [6, 6.07) is 11.9. The van der Waals surface area contributed by atoms with E-state index in [1.807, 2.05) is 36.4 Å². The summed E-state index contributed by atoms with van der Waals surface area (Å²) in [4.78, 5) is 16.0. The first-order chi connectivity index (χ1) is 14.8. The molecule has 1 fully saturated rings. The standard InChI is InChI=1S/C21H21N7OS/c1-2-28-20(27-10-12-29-13-11-27)25-26-21(28)30-19-16-7-3-4-8-17(16)23-18(24-19)15-6-5-9-22-14-15/h3-9,14H,2,10-13H2,1H3. The third kappa shape index (κ3) is 3.61. The molecule has 3 aromatic heterocycles. The van der Waals surface area contributed by atoms with E-state index in [2.05, 4.69) is 31.6 Å². The van der Waals surface area contributed by atoms with Gasteiger partial charge in [-0.1, -0.05) is 18.2 Å². The Morgan fingerprint density at radius 2 is 1.90 bits per heavy atom. The quantitative estimate of drug-likeness (QED) is 0.456. The molecule has 0 radical (unpaired) electrons. The molecule has 0 spiro atoms. The van der Waals surface area contributed by atoms with Crippen LogP contribution in [0.25, 0.3) is 22.3 Å². The lowest BCUT2D eigenvalue weighted by Gasteiger charge is -2.27. The van der Waals surface area contributed by atoms with Crippen LogP contribution in [0.4, 0.5) is 5.95 Å². The van der Waals surface area contributed by atoms with Crippen molar-refractivity contribution < 1.29 is 4.74 Å². The van der Waals surface area contributed by atoms with Crippen molar-refractivity contribution in [2.24, 2.45) is 0 Å². The van der Waals surface area contributed by atoms with Crippen molar-refractivity contribution in [3.63, 3.8) is 0 Å². The third-order valence-electron chi connectivity index (χ3n) is 4.98. The molecule has 30 heavy (non-hydrogen) atoms. The van der Waals surface area contributed by atoms with Crippen LogP contribution in [0, 0.1) is 0 Å². The van der Waals surface area contributed by atoms with Crippen molar-refractivity contribution in [1.82, 2.24) is 29.7 Å². The second-order valence-electron chi connectivity index (χ2n) is 6.84. The number of benzene rings is 1. The van der Waals surface area contributed by atoms with Gasteiger partial charge in [0.15, 0.2) is 11.0 Å². The molecule has 1 saturated heterocycles. The molecule has 0 amide bonds. The first-order valence-corrected chi connectivity index (χ1v) is 10.8. The highest BCUT2D eigenvalue weighted by Crippen LogP contribution is 2.33. The molecule has 1 aliphatic rings. The molecule has 1 aromatic carbocycles. The van der Waals surface area contributed by atoms with Gasteiger partial charge >= 0.3 is 0 Å². The molecule has 0 N–H and O–H groups in total. The van der Waals surface area contributed by atoms with Crippen LogP contribution in [-0.2, 0) is 11.3 Å². The van der Waals surface area contributed by atoms with E-state index in [-0.39, 0.29) is 0 Å².